The number of piperidine rings is 1. The lowest BCUT2D eigenvalue weighted by Crippen LogP contribution is -2.47. The molecule has 6 nitrogen and oxygen atoms in total. The molecule has 2 fully saturated rings. The van der Waals surface area contributed by atoms with Crippen molar-refractivity contribution in [2.45, 2.75) is 12.5 Å². The van der Waals surface area contributed by atoms with Gasteiger partial charge in [0.25, 0.3) is 0 Å². The van der Waals surface area contributed by atoms with E-state index in [1.54, 1.807) is 29.2 Å². The highest BCUT2D eigenvalue weighted by Gasteiger charge is 2.42. The summed E-state index contributed by atoms with van der Waals surface area (Å²) in [5.41, 5.74) is 2.35. The van der Waals surface area contributed by atoms with Crippen molar-refractivity contribution >= 4 is 12.0 Å². The number of carbonyl (C=O) groups excluding carboxylic acids is 2. The average Bonchev–Trinajstić information content (AvgIpc) is 2.81. The van der Waals surface area contributed by atoms with E-state index in [1.807, 2.05) is 6.07 Å². The Kier molecular flexibility index (Phi) is 3.08. The number of hydroxylamine groups is 1. The van der Waals surface area contributed by atoms with Gasteiger partial charge in [0.1, 0.15) is 11.9 Å². The predicted octanol–water partition coefficient (Wildman–Crippen LogP) is 0.937. The summed E-state index contributed by atoms with van der Waals surface area (Å²) < 4.78 is 5.26. The molecular weight excluding hydrogens is 248 g/mol. The summed E-state index contributed by atoms with van der Waals surface area (Å²) >= 11 is 0. The molecular formula is C13H14N2O4. The maximum Gasteiger partial charge on any atom is 0.415 e. The number of carbonyl (C=O) groups is 2. The van der Waals surface area contributed by atoms with Gasteiger partial charge in [-0.3, -0.25) is 9.63 Å². The van der Waals surface area contributed by atoms with E-state index >= 15 is 0 Å². The molecule has 2 amide bonds. The highest BCUT2D eigenvalue weighted by Crippen LogP contribution is 2.25. The topological polar surface area (TPSA) is 67.9 Å². The first kappa shape index (κ1) is 12.0. The summed E-state index contributed by atoms with van der Waals surface area (Å²) in [5, 5.41) is 0. The van der Waals surface area contributed by atoms with Crippen LogP contribution in [0.4, 0.5) is 4.79 Å². The van der Waals surface area contributed by atoms with Crippen LogP contribution in [0.15, 0.2) is 30.3 Å². The van der Waals surface area contributed by atoms with E-state index in [1.165, 1.54) is 0 Å². The van der Waals surface area contributed by atoms with Crippen LogP contribution in [-0.4, -0.2) is 36.1 Å². The molecule has 3 rings (SSSR count). The number of hydrogen-bond acceptors (Lipinski definition) is 4. The zero-order chi connectivity index (χ0) is 13.2. The molecule has 100 valence electrons. The van der Waals surface area contributed by atoms with Crippen molar-refractivity contribution in [1.82, 2.24) is 10.4 Å². The molecule has 2 heterocycles. The quantitative estimate of drug-likeness (QED) is 0.817. The number of rotatable bonds is 1. The zero-order valence-electron chi connectivity index (χ0n) is 10.2. The van der Waals surface area contributed by atoms with Crippen LogP contribution >= 0.6 is 0 Å². The first-order valence-corrected chi connectivity index (χ1v) is 6.21. The van der Waals surface area contributed by atoms with Gasteiger partial charge < -0.3 is 9.64 Å². The van der Waals surface area contributed by atoms with Gasteiger partial charge in [0.15, 0.2) is 0 Å². The molecule has 2 aliphatic heterocycles. The third-order valence-electron chi connectivity index (χ3n) is 3.41. The van der Waals surface area contributed by atoms with Crippen molar-refractivity contribution < 1.29 is 19.2 Å². The summed E-state index contributed by atoms with van der Waals surface area (Å²) in [7, 11) is 0. The van der Waals surface area contributed by atoms with E-state index in [-0.39, 0.29) is 17.9 Å². The monoisotopic (exact) mass is 262 g/mol. The highest BCUT2D eigenvalue weighted by atomic mass is 16.7. The number of para-hydroxylation sites is 1. The van der Waals surface area contributed by atoms with Crippen LogP contribution in [0.3, 0.4) is 0 Å². The molecule has 0 aliphatic carbocycles. The Morgan fingerprint density at radius 2 is 2.16 bits per heavy atom. The molecule has 1 N–H and O–H groups in total. The molecule has 1 aromatic rings. The maximum absolute atomic E-state index is 12.0. The third-order valence-corrected chi connectivity index (χ3v) is 3.41. The second-order valence-electron chi connectivity index (χ2n) is 4.64. The summed E-state index contributed by atoms with van der Waals surface area (Å²) in [5.74, 6) is 0.262. The Hall–Kier alpha value is -2.08. The van der Waals surface area contributed by atoms with Crippen molar-refractivity contribution in [3.8, 4) is 5.75 Å². The number of fused-ring (bicyclic) bond motifs is 1. The van der Waals surface area contributed by atoms with Crippen LogP contribution in [0.5, 0.6) is 5.75 Å². The predicted molar refractivity (Wildman–Crippen MR) is 65.2 cm³/mol. The Bertz CT molecular complexity index is 491. The van der Waals surface area contributed by atoms with Crippen LogP contribution in [0, 0.1) is 5.92 Å². The van der Waals surface area contributed by atoms with Crippen molar-refractivity contribution in [3.05, 3.63) is 30.3 Å². The van der Waals surface area contributed by atoms with Crippen molar-refractivity contribution in [3.63, 3.8) is 0 Å². The number of nitrogens with zero attached hydrogens (tertiary/aromatic N) is 1. The van der Waals surface area contributed by atoms with Crippen LogP contribution in [0.2, 0.25) is 0 Å². The first-order chi connectivity index (χ1) is 9.24. The number of ether oxygens (including phenoxy) is 1. The number of likely N-dealkylation sites (tertiary alicyclic amines) is 1. The SMILES string of the molecule is O=C1NOC2CN(C(=O)Oc3ccccc3)CCC12. The lowest BCUT2D eigenvalue weighted by atomic mass is 9.94. The lowest BCUT2D eigenvalue weighted by Gasteiger charge is -2.31. The fourth-order valence-corrected chi connectivity index (χ4v) is 2.37. The van der Waals surface area contributed by atoms with E-state index < -0.39 is 6.09 Å². The van der Waals surface area contributed by atoms with E-state index in [9.17, 15) is 9.59 Å². The maximum atomic E-state index is 12.0. The van der Waals surface area contributed by atoms with Gasteiger partial charge in [-0.15, -0.1) is 0 Å². The fourth-order valence-electron chi connectivity index (χ4n) is 2.37. The molecule has 2 atom stereocenters. The minimum absolute atomic E-state index is 0.0962. The highest BCUT2D eigenvalue weighted by molar-refractivity contribution is 5.80. The van der Waals surface area contributed by atoms with Crippen molar-refractivity contribution in [2.24, 2.45) is 5.92 Å². The van der Waals surface area contributed by atoms with E-state index in [4.69, 9.17) is 9.57 Å². The second kappa shape index (κ2) is 4.89. The average molecular weight is 262 g/mol. The summed E-state index contributed by atoms with van der Waals surface area (Å²) in [6.45, 7) is 0.874. The van der Waals surface area contributed by atoms with Crippen LogP contribution in [0.1, 0.15) is 6.42 Å². The third kappa shape index (κ3) is 2.39. The summed E-state index contributed by atoms with van der Waals surface area (Å²) in [4.78, 5) is 30.1. The molecule has 0 radical (unpaired) electrons. The number of hydrogen-bond donors (Lipinski definition) is 1. The first-order valence-electron chi connectivity index (χ1n) is 6.21. The molecule has 1 aromatic carbocycles. The Morgan fingerprint density at radius 1 is 1.37 bits per heavy atom. The van der Waals surface area contributed by atoms with E-state index in [0.717, 1.165) is 0 Å². The van der Waals surface area contributed by atoms with Gasteiger partial charge in [-0.1, -0.05) is 18.2 Å². The van der Waals surface area contributed by atoms with E-state index in [2.05, 4.69) is 5.48 Å². The van der Waals surface area contributed by atoms with Gasteiger partial charge >= 0.3 is 6.09 Å². The van der Waals surface area contributed by atoms with Gasteiger partial charge in [0, 0.05) is 6.54 Å². The van der Waals surface area contributed by atoms with Gasteiger partial charge in [-0.25, -0.2) is 10.3 Å². The van der Waals surface area contributed by atoms with Gasteiger partial charge in [-0.05, 0) is 18.6 Å². The van der Waals surface area contributed by atoms with Gasteiger partial charge in [-0.2, -0.15) is 0 Å². The summed E-state index contributed by atoms with van der Waals surface area (Å²) in [6, 6.07) is 8.91. The second-order valence-corrected chi connectivity index (χ2v) is 4.64. The van der Waals surface area contributed by atoms with Crippen LogP contribution < -0.4 is 10.2 Å². The zero-order valence-corrected chi connectivity index (χ0v) is 10.2. The Labute approximate surface area is 110 Å². The standard InChI is InChI=1S/C13H14N2O4/c16-12-10-6-7-15(8-11(10)19-14-12)13(17)18-9-4-2-1-3-5-9/h1-5,10-11H,6-8H2,(H,14,16). The largest absolute Gasteiger partial charge is 0.415 e. The molecule has 0 saturated carbocycles. The molecule has 2 unspecified atom stereocenters. The van der Waals surface area contributed by atoms with Crippen LogP contribution in [-0.2, 0) is 9.63 Å². The number of benzene rings is 1. The van der Waals surface area contributed by atoms with Gasteiger partial charge in [0.2, 0.25) is 5.91 Å². The fraction of sp³-hybridized carbons (Fsp3) is 0.385. The molecule has 0 bridgehead atoms. The normalized spacial score (nSPS) is 25.7. The van der Waals surface area contributed by atoms with Crippen molar-refractivity contribution in [2.75, 3.05) is 13.1 Å². The molecule has 2 saturated heterocycles. The van der Waals surface area contributed by atoms with Crippen LogP contribution in [0.25, 0.3) is 0 Å². The Morgan fingerprint density at radius 3 is 2.95 bits per heavy atom. The Balaban J connectivity index is 1.61. The molecule has 0 aromatic heterocycles. The van der Waals surface area contributed by atoms with Crippen molar-refractivity contribution in [1.29, 1.82) is 0 Å². The van der Waals surface area contributed by atoms with E-state index in [0.29, 0.717) is 25.3 Å². The molecule has 6 heteroatoms. The molecule has 2 aliphatic rings. The number of nitrogens with one attached hydrogen (secondary N) is 1. The smallest absolute Gasteiger partial charge is 0.410 e. The molecule has 19 heavy (non-hydrogen) atoms. The number of amides is 2. The van der Waals surface area contributed by atoms with Gasteiger partial charge in [0.05, 0.1) is 12.5 Å². The minimum atomic E-state index is -0.410. The minimum Gasteiger partial charge on any atom is -0.410 e. The molecule has 0 spiro atoms. The summed E-state index contributed by atoms with van der Waals surface area (Å²) in [6.07, 6.45) is -0.0856. The lowest BCUT2D eigenvalue weighted by molar-refractivity contribution is -0.126.